The first kappa shape index (κ1) is 20.8. The van der Waals surface area contributed by atoms with Crippen molar-refractivity contribution in [3.63, 3.8) is 0 Å². The summed E-state index contributed by atoms with van der Waals surface area (Å²) in [6, 6.07) is 13.1. The number of hydrogen-bond donors (Lipinski definition) is 1. The van der Waals surface area contributed by atoms with Crippen molar-refractivity contribution in [3.8, 4) is 0 Å². The monoisotopic (exact) mass is 435 g/mol. The molecule has 6 nitrogen and oxygen atoms in total. The molecule has 2 aromatic carbocycles. The molecule has 0 saturated carbocycles. The molecular formula is C25H26FN3O3. The van der Waals surface area contributed by atoms with E-state index >= 15 is 4.39 Å². The lowest BCUT2D eigenvalue weighted by molar-refractivity contribution is -0.136. The van der Waals surface area contributed by atoms with Gasteiger partial charge in [0, 0.05) is 24.1 Å². The molecule has 0 aromatic heterocycles. The minimum atomic E-state index is -0.725. The van der Waals surface area contributed by atoms with Crippen molar-refractivity contribution in [2.24, 2.45) is 0 Å². The average Bonchev–Trinajstić information content (AvgIpc) is 3.13. The van der Waals surface area contributed by atoms with Crippen molar-refractivity contribution in [3.05, 3.63) is 70.5 Å². The Morgan fingerprint density at radius 2 is 1.72 bits per heavy atom. The number of rotatable bonds is 4. The number of carbonyl (C=O) groups is 3. The van der Waals surface area contributed by atoms with Crippen LogP contribution in [0.15, 0.2) is 42.5 Å². The molecule has 166 valence electrons. The highest BCUT2D eigenvalue weighted by Crippen LogP contribution is 2.36. The molecule has 2 fully saturated rings. The van der Waals surface area contributed by atoms with Gasteiger partial charge in [-0.25, -0.2) is 4.39 Å². The second-order valence-corrected chi connectivity index (χ2v) is 8.93. The number of hydrogen-bond acceptors (Lipinski definition) is 4. The molecule has 32 heavy (non-hydrogen) atoms. The topological polar surface area (TPSA) is 69.7 Å². The van der Waals surface area contributed by atoms with E-state index in [1.54, 1.807) is 12.1 Å². The minimum Gasteiger partial charge on any atom is -0.322 e. The lowest BCUT2D eigenvalue weighted by Crippen LogP contribution is -2.52. The number of likely N-dealkylation sites (tertiary alicyclic amines) is 1. The molecule has 1 unspecified atom stereocenters. The highest BCUT2D eigenvalue weighted by molar-refractivity contribution is 6.05. The quantitative estimate of drug-likeness (QED) is 0.750. The first-order valence-corrected chi connectivity index (χ1v) is 11.2. The molecule has 0 radical (unpaired) electrons. The van der Waals surface area contributed by atoms with Crippen LogP contribution >= 0.6 is 0 Å². The molecule has 3 aliphatic heterocycles. The van der Waals surface area contributed by atoms with E-state index < -0.39 is 11.9 Å². The Bertz CT molecular complexity index is 1060. The van der Waals surface area contributed by atoms with Gasteiger partial charge in [-0.05, 0) is 55.5 Å². The zero-order chi connectivity index (χ0) is 22.2. The Morgan fingerprint density at radius 1 is 0.969 bits per heavy atom. The number of amides is 3. The molecule has 0 aliphatic carbocycles. The van der Waals surface area contributed by atoms with Crippen LogP contribution in [0.25, 0.3) is 0 Å². The van der Waals surface area contributed by atoms with Crippen LogP contribution in [-0.2, 0) is 22.7 Å². The molecule has 0 bridgehead atoms. The van der Waals surface area contributed by atoms with Gasteiger partial charge in [0.25, 0.3) is 5.91 Å². The van der Waals surface area contributed by atoms with Crippen LogP contribution in [0.3, 0.4) is 0 Å². The van der Waals surface area contributed by atoms with Crippen LogP contribution in [0.1, 0.15) is 58.6 Å². The second kappa shape index (κ2) is 8.47. The van der Waals surface area contributed by atoms with Crippen LogP contribution in [-0.4, -0.2) is 46.7 Å². The smallest absolute Gasteiger partial charge is 0.255 e. The van der Waals surface area contributed by atoms with E-state index in [2.05, 4.69) is 22.3 Å². The third kappa shape index (κ3) is 3.81. The molecule has 1 N–H and O–H groups in total. The van der Waals surface area contributed by atoms with Crippen LogP contribution in [0.4, 0.5) is 4.39 Å². The molecule has 2 saturated heterocycles. The molecule has 1 atom stereocenters. The summed E-state index contributed by atoms with van der Waals surface area (Å²) in [6.07, 6.45) is 2.20. The first-order valence-electron chi connectivity index (χ1n) is 11.2. The normalized spacial score (nSPS) is 22.2. The van der Waals surface area contributed by atoms with Crippen molar-refractivity contribution in [2.75, 3.05) is 13.1 Å². The van der Waals surface area contributed by atoms with E-state index in [4.69, 9.17) is 0 Å². The fraction of sp³-hybridized carbons (Fsp3) is 0.400. The highest BCUT2D eigenvalue weighted by Gasteiger charge is 2.41. The fourth-order valence-electron chi connectivity index (χ4n) is 5.18. The first-order chi connectivity index (χ1) is 15.5. The third-order valence-corrected chi connectivity index (χ3v) is 6.96. The number of nitrogens with zero attached hydrogens (tertiary/aromatic N) is 2. The number of halogens is 1. The summed E-state index contributed by atoms with van der Waals surface area (Å²) in [5.41, 5.74) is 2.66. The van der Waals surface area contributed by atoms with E-state index in [1.165, 1.54) is 10.5 Å². The summed E-state index contributed by atoms with van der Waals surface area (Å²) < 4.78 is 15.5. The number of carbonyl (C=O) groups excluding carboxylic acids is 3. The second-order valence-electron chi connectivity index (χ2n) is 8.93. The zero-order valence-electron chi connectivity index (χ0n) is 17.9. The summed E-state index contributed by atoms with van der Waals surface area (Å²) in [6.45, 7) is 2.78. The maximum atomic E-state index is 15.5. The van der Waals surface area contributed by atoms with Gasteiger partial charge in [0.1, 0.15) is 11.9 Å². The number of fused-ring (bicyclic) bond motifs is 1. The fourth-order valence-corrected chi connectivity index (χ4v) is 5.18. The van der Waals surface area contributed by atoms with Gasteiger partial charge in [0.2, 0.25) is 11.8 Å². The number of piperidine rings is 2. The summed E-state index contributed by atoms with van der Waals surface area (Å²) in [5, 5.41) is 2.28. The largest absolute Gasteiger partial charge is 0.322 e. The van der Waals surface area contributed by atoms with Gasteiger partial charge in [-0.15, -0.1) is 0 Å². The van der Waals surface area contributed by atoms with Crippen molar-refractivity contribution in [2.45, 2.75) is 50.7 Å². The Balaban J connectivity index is 1.28. The Hall–Kier alpha value is -3.06. The molecule has 7 heteroatoms. The predicted octanol–water partition coefficient (Wildman–Crippen LogP) is 2.97. The molecule has 3 amide bonds. The lowest BCUT2D eigenvalue weighted by atomic mass is 9.87. The van der Waals surface area contributed by atoms with E-state index in [1.807, 2.05) is 18.2 Å². The molecular weight excluding hydrogens is 409 g/mol. The van der Waals surface area contributed by atoms with Gasteiger partial charge >= 0.3 is 0 Å². The maximum absolute atomic E-state index is 15.5. The summed E-state index contributed by atoms with van der Waals surface area (Å²) in [4.78, 5) is 40.3. The van der Waals surface area contributed by atoms with Gasteiger partial charge < -0.3 is 4.90 Å². The Labute approximate surface area is 186 Å². The highest BCUT2D eigenvalue weighted by atomic mass is 19.1. The van der Waals surface area contributed by atoms with Crippen LogP contribution < -0.4 is 5.32 Å². The van der Waals surface area contributed by atoms with Gasteiger partial charge in [0.05, 0.1) is 6.54 Å². The van der Waals surface area contributed by atoms with Crippen molar-refractivity contribution >= 4 is 17.7 Å². The van der Waals surface area contributed by atoms with Crippen LogP contribution in [0, 0.1) is 5.82 Å². The standard InChI is InChI=1S/C25H26FN3O3/c26-23-18(17-10-12-28(13-11-17)14-16-4-2-1-3-5-16)6-7-19-20(23)15-29(25(19)32)21-8-9-22(30)27-24(21)31/h1-7,17,21H,8-15H2,(H,27,30,31). The van der Waals surface area contributed by atoms with Gasteiger partial charge in [-0.3, -0.25) is 24.6 Å². The molecule has 3 aliphatic rings. The molecule has 2 aromatic rings. The minimum absolute atomic E-state index is 0.0764. The Kier molecular flexibility index (Phi) is 5.51. The SMILES string of the molecule is O=C1CCC(N2Cc3c(ccc(C4CCN(Cc5ccccc5)CC4)c3F)C2=O)C(=O)N1. The molecule has 5 rings (SSSR count). The third-order valence-electron chi connectivity index (χ3n) is 6.96. The van der Waals surface area contributed by atoms with E-state index in [0.29, 0.717) is 16.7 Å². The lowest BCUT2D eigenvalue weighted by Gasteiger charge is -2.32. The van der Waals surface area contributed by atoms with Crippen molar-refractivity contribution in [1.29, 1.82) is 0 Å². The number of benzene rings is 2. The maximum Gasteiger partial charge on any atom is 0.255 e. The van der Waals surface area contributed by atoms with Gasteiger partial charge in [-0.2, -0.15) is 0 Å². The average molecular weight is 435 g/mol. The van der Waals surface area contributed by atoms with Crippen molar-refractivity contribution < 1.29 is 18.8 Å². The summed E-state index contributed by atoms with van der Waals surface area (Å²) in [7, 11) is 0. The van der Waals surface area contributed by atoms with Crippen molar-refractivity contribution in [1.82, 2.24) is 15.1 Å². The van der Waals surface area contributed by atoms with Gasteiger partial charge in [0.15, 0.2) is 0 Å². The van der Waals surface area contributed by atoms with Crippen LogP contribution in [0.2, 0.25) is 0 Å². The predicted molar refractivity (Wildman–Crippen MR) is 116 cm³/mol. The van der Waals surface area contributed by atoms with E-state index in [0.717, 1.165) is 32.5 Å². The summed E-state index contributed by atoms with van der Waals surface area (Å²) >= 11 is 0. The number of imide groups is 1. The number of nitrogens with one attached hydrogen (secondary N) is 1. The van der Waals surface area contributed by atoms with E-state index in [9.17, 15) is 14.4 Å². The van der Waals surface area contributed by atoms with Crippen LogP contribution in [0.5, 0.6) is 0 Å². The molecule has 3 heterocycles. The summed E-state index contributed by atoms with van der Waals surface area (Å²) in [5.74, 6) is -1.34. The molecule has 0 spiro atoms. The Morgan fingerprint density at radius 3 is 2.44 bits per heavy atom. The van der Waals surface area contributed by atoms with Gasteiger partial charge in [-0.1, -0.05) is 36.4 Å². The zero-order valence-corrected chi connectivity index (χ0v) is 17.9. The van der Waals surface area contributed by atoms with E-state index in [-0.39, 0.29) is 42.9 Å².